The molecule has 3 nitrogen and oxygen atoms in total. The quantitative estimate of drug-likeness (QED) is 0.776. The van der Waals surface area contributed by atoms with Gasteiger partial charge < -0.3 is 9.84 Å². The molecular formula is C9H13NO2S. The van der Waals surface area contributed by atoms with E-state index in [1.165, 1.54) is 0 Å². The summed E-state index contributed by atoms with van der Waals surface area (Å²) in [4.78, 5) is 4.32. The van der Waals surface area contributed by atoms with Crippen molar-refractivity contribution < 1.29 is 9.84 Å². The Balaban J connectivity index is 2.04. The highest BCUT2D eigenvalue weighted by atomic mass is 32.1. The monoisotopic (exact) mass is 199 g/mol. The molecule has 0 saturated carbocycles. The van der Waals surface area contributed by atoms with Gasteiger partial charge in [0.25, 0.3) is 0 Å². The minimum absolute atomic E-state index is 0.450. The third-order valence-electron chi connectivity index (χ3n) is 2.23. The first kappa shape index (κ1) is 9.12. The summed E-state index contributed by atoms with van der Waals surface area (Å²) in [7, 11) is 0. The Kier molecular flexibility index (Phi) is 2.36. The minimum Gasteiger partial charge on any atom is -0.387 e. The molecule has 1 fully saturated rings. The molecule has 1 unspecified atom stereocenters. The van der Waals surface area contributed by atoms with E-state index in [2.05, 4.69) is 4.98 Å². The average molecular weight is 199 g/mol. The third kappa shape index (κ3) is 2.07. The van der Waals surface area contributed by atoms with Crippen molar-refractivity contribution in [1.82, 2.24) is 4.98 Å². The molecule has 0 aromatic carbocycles. The molecule has 13 heavy (non-hydrogen) atoms. The molecule has 2 rings (SSSR count). The lowest BCUT2D eigenvalue weighted by atomic mass is 10.00. The maximum Gasteiger partial charge on any atom is 0.0965 e. The van der Waals surface area contributed by atoms with Crippen molar-refractivity contribution >= 4 is 11.3 Å². The normalized spacial score (nSPS) is 28.2. The molecule has 1 aliphatic heterocycles. The summed E-state index contributed by atoms with van der Waals surface area (Å²) in [6.45, 7) is 3.09. The van der Waals surface area contributed by atoms with Crippen LogP contribution in [-0.4, -0.2) is 28.9 Å². The predicted octanol–water partition coefficient (Wildman–Crippen LogP) is 1.15. The molecule has 1 atom stereocenters. The third-order valence-corrected chi connectivity index (χ3v) is 3.20. The second-order valence-electron chi connectivity index (χ2n) is 3.59. The Morgan fingerprint density at radius 2 is 2.62 bits per heavy atom. The summed E-state index contributed by atoms with van der Waals surface area (Å²) in [5.74, 6) is 0. The van der Waals surface area contributed by atoms with Crippen LogP contribution in [0.1, 0.15) is 17.1 Å². The van der Waals surface area contributed by atoms with E-state index in [0.717, 1.165) is 17.1 Å². The van der Waals surface area contributed by atoms with Gasteiger partial charge in [0.05, 0.1) is 17.2 Å². The Morgan fingerprint density at radius 3 is 3.15 bits per heavy atom. The number of ether oxygens (including phenoxy) is 1. The van der Waals surface area contributed by atoms with Gasteiger partial charge in [-0.15, -0.1) is 11.3 Å². The van der Waals surface area contributed by atoms with Crippen molar-refractivity contribution in [2.45, 2.75) is 25.4 Å². The molecule has 0 amide bonds. The van der Waals surface area contributed by atoms with Crippen LogP contribution in [0.4, 0.5) is 0 Å². The minimum atomic E-state index is -0.662. The molecule has 72 valence electrons. The maximum atomic E-state index is 10.00. The van der Waals surface area contributed by atoms with E-state index in [1.807, 2.05) is 12.3 Å². The van der Waals surface area contributed by atoms with Gasteiger partial charge in [0.1, 0.15) is 0 Å². The maximum absolute atomic E-state index is 10.00. The molecular weight excluding hydrogens is 186 g/mol. The van der Waals surface area contributed by atoms with Gasteiger partial charge in [-0.05, 0) is 6.92 Å². The van der Waals surface area contributed by atoms with Crippen LogP contribution < -0.4 is 0 Å². The summed E-state index contributed by atoms with van der Waals surface area (Å²) in [5, 5.41) is 13.0. The van der Waals surface area contributed by atoms with Crippen LogP contribution in [-0.2, 0) is 11.2 Å². The topological polar surface area (TPSA) is 42.4 Å². The Morgan fingerprint density at radius 1 is 1.77 bits per heavy atom. The highest BCUT2D eigenvalue weighted by Crippen LogP contribution is 2.24. The van der Waals surface area contributed by atoms with Crippen molar-refractivity contribution in [3.63, 3.8) is 0 Å². The second kappa shape index (κ2) is 3.36. The van der Waals surface area contributed by atoms with Gasteiger partial charge in [0.2, 0.25) is 0 Å². The van der Waals surface area contributed by atoms with Gasteiger partial charge in [-0.25, -0.2) is 4.98 Å². The zero-order chi connectivity index (χ0) is 9.31. The van der Waals surface area contributed by atoms with Gasteiger partial charge >= 0.3 is 0 Å². The zero-order valence-electron chi connectivity index (χ0n) is 7.62. The number of thiazole rings is 1. The van der Waals surface area contributed by atoms with Gasteiger partial charge in [-0.3, -0.25) is 0 Å². The van der Waals surface area contributed by atoms with Crippen LogP contribution in [0.5, 0.6) is 0 Å². The molecule has 0 spiro atoms. The van der Waals surface area contributed by atoms with Crippen LogP contribution >= 0.6 is 11.3 Å². The second-order valence-corrected chi connectivity index (χ2v) is 4.53. The molecule has 1 aromatic rings. The lowest BCUT2D eigenvalue weighted by molar-refractivity contribution is 0.0270. The number of hydrogen-bond acceptors (Lipinski definition) is 4. The Bertz CT molecular complexity index is 292. The molecule has 0 bridgehead atoms. The first-order valence-corrected chi connectivity index (χ1v) is 5.27. The Hall–Kier alpha value is -0.450. The van der Waals surface area contributed by atoms with Crippen LogP contribution in [0.3, 0.4) is 0 Å². The van der Waals surface area contributed by atoms with Crippen LogP contribution in [0.25, 0.3) is 0 Å². The molecule has 4 heteroatoms. The molecule has 1 saturated heterocycles. The average Bonchev–Trinajstić information content (AvgIpc) is 2.62. The van der Waals surface area contributed by atoms with Crippen LogP contribution in [0, 0.1) is 6.92 Å². The largest absolute Gasteiger partial charge is 0.387 e. The van der Waals surface area contributed by atoms with E-state index in [1.54, 1.807) is 11.3 Å². The molecule has 2 heterocycles. The van der Waals surface area contributed by atoms with Gasteiger partial charge in [-0.1, -0.05) is 0 Å². The number of aryl methyl sites for hydroxylation is 1. The number of aliphatic hydroxyl groups is 1. The van der Waals surface area contributed by atoms with Crippen molar-refractivity contribution in [3.8, 4) is 0 Å². The van der Waals surface area contributed by atoms with Crippen molar-refractivity contribution in [3.05, 3.63) is 16.1 Å². The number of aromatic nitrogens is 1. The van der Waals surface area contributed by atoms with E-state index in [4.69, 9.17) is 4.74 Å². The fraction of sp³-hybridized carbons (Fsp3) is 0.667. The van der Waals surface area contributed by atoms with Crippen molar-refractivity contribution in [1.29, 1.82) is 0 Å². The predicted molar refractivity (Wildman–Crippen MR) is 50.9 cm³/mol. The molecule has 1 aromatic heterocycles. The smallest absolute Gasteiger partial charge is 0.0965 e. The molecule has 0 radical (unpaired) electrons. The van der Waals surface area contributed by atoms with Gasteiger partial charge in [0.15, 0.2) is 0 Å². The van der Waals surface area contributed by atoms with Crippen LogP contribution in [0.2, 0.25) is 0 Å². The summed E-state index contributed by atoms with van der Waals surface area (Å²) in [5.41, 5.74) is 0.368. The molecule has 1 N–H and O–H groups in total. The Labute approximate surface area is 81.4 Å². The number of rotatable bonds is 2. The van der Waals surface area contributed by atoms with Crippen molar-refractivity contribution in [2.75, 3.05) is 13.2 Å². The van der Waals surface area contributed by atoms with E-state index < -0.39 is 5.60 Å². The first-order chi connectivity index (χ1) is 6.18. The van der Waals surface area contributed by atoms with Gasteiger partial charge in [0, 0.05) is 30.5 Å². The molecule has 1 aliphatic rings. The lowest BCUT2D eigenvalue weighted by Gasteiger charge is -2.17. The fourth-order valence-electron chi connectivity index (χ4n) is 1.50. The van der Waals surface area contributed by atoms with E-state index >= 15 is 0 Å². The van der Waals surface area contributed by atoms with E-state index in [9.17, 15) is 5.11 Å². The van der Waals surface area contributed by atoms with Crippen molar-refractivity contribution in [2.24, 2.45) is 0 Å². The fourth-order valence-corrected chi connectivity index (χ4v) is 2.41. The highest BCUT2D eigenvalue weighted by molar-refractivity contribution is 7.09. The zero-order valence-corrected chi connectivity index (χ0v) is 8.43. The van der Waals surface area contributed by atoms with Gasteiger partial charge in [-0.2, -0.15) is 0 Å². The summed E-state index contributed by atoms with van der Waals surface area (Å²) < 4.78 is 5.17. The number of nitrogens with zero attached hydrogens (tertiary/aromatic N) is 1. The standard InChI is InChI=1S/C9H13NO2S/c1-7-5-13-8(10-7)4-9(11)2-3-12-6-9/h5,11H,2-4,6H2,1H3. The van der Waals surface area contributed by atoms with E-state index in [-0.39, 0.29) is 0 Å². The summed E-state index contributed by atoms with van der Waals surface area (Å²) in [6, 6.07) is 0. The van der Waals surface area contributed by atoms with E-state index in [0.29, 0.717) is 19.6 Å². The highest BCUT2D eigenvalue weighted by Gasteiger charge is 2.33. The number of hydrogen-bond donors (Lipinski definition) is 1. The summed E-state index contributed by atoms with van der Waals surface area (Å²) >= 11 is 1.61. The molecule has 0 aliphatic carbocycles. The SMILES string of the molecule is Cc1csc(CC2(O)CCOC2)n1. The summed E-state index contributed by atoms with van der Waals surface area (Å²) in [6.07, 6.45) is 1.36. The van der Waals surface area contributed by atoms with Crippen LogP contribution in [0.15, 0.2) is 5.38 Å². The lowest BCUT2D eigenvalue weighted by Crippen LogP contribution is -2.31. The first-order valence-electron chi connectivity index (χ1n) is 4.39.